The minimum absolute atomic E-state index is 0.0886. The van der Waals surface area contributed by atoms with E-state index in [1.165, 1.54) is 109 Å². The van der Waals surface area contributed by atoms with E-state index >= 15 is 0 Å². The van der Waals surface area contributed by atoms with Gasteiger partial charge in [0.1, 0.15) is 26.7 Å². The van der Waals surface area contributed by atoms with Crippen molar-refractivity contribution in [2.45, 2.75) is 167 Å². The summed E-state index contributed by atoms with van der Waals surface area (Å²) in [5.74, 6) is 0.0886. The molecule has 1 heterocycles. The van der Waals surface area contributed by atoms with Crippen LogP contribution < -0.4 is 5.32 Å². The Kier molecular flexibility index (Phi) is 24.5. The van der Waals surface area contributed by atoms with Gasteiger partial charge in [0.25, 0.3) is 0 Å². The Morgan fingerprint density at radius 3 is 1.72 bits per heavy atom. The molecule has 2 radical (unpaired) electrons. The van der Waals surface area contributed by atoms with Gasteiger partial charge in [-0.2, -0.15) is 0 Å². The Hall–Kier alpha value is -0.665. The van der Waals surface area contributed by atoms with E-state index in [0.717, 1.165) is 12.8 Å². The topological polar surface area (TPSA) is 86.3 Å². The molecule has 0 aliphatic carbocycles. The Morgan fingerprint density at radius 2 is 1.26 bits per heavy atom. The van der Waals surface area contributed by atoms with Crippen molar-refractivity contribution in [3.8, 4) is 0 Å². The van der Waals surface area contributed by atoms with Crippen LogP contribution in [0.5, 0.6) is 0 Å². The average molecular weight is 554 g/mol. The lowest BCUT2D eigenvalue weighted by molar-refractivity contribution is -0.341. The van der Waals surface area contributed by atoms with Gasteiger partial charge in [0, 0.05) is 19.0 Å². The standard InChI is InChI=1S/C31H60BNO6/c1-3-4-5-6-7-8-9-10-11-12-13-14-15-16-17-18-19-20-21-22-28(34)33-23-24-36-25-26-37-39-30-27(2)38-31(32)29(30)35/h27,29-31,35H,3-26H2,1-2H3,(H,33,34). The van der Waals surface area contributed by atoms with Crippen molar-refractivity contribution in [1.82, 2.24) is 5.32 Å². The van der Waals surface area contributed by atoms with Gasteiger partial charge in [-0.3, -0.25) is 4.79 Å². The van der Waals surface area contributed by atoms with Crippen LogP contribution in [0.3, 0.4) is 0 Å². The third kappa shape index (κ3) is 20.8. The van der Waals surface area contributed by atoms with Crippen LogP contribution in [0.25, 0.3) is 0 Å². The number of carbonyl (C=O) groups excluding carboxylic acids is 1. The van der Waals surface area contributed by atoms with Crippen LogP contribution in [0.4, 0.5) is 0 Å². The molecule has 8 heteroatoms. The molecule has 1 amide bonds. The number of rotatable bonds is 28. The maximum absolute atomic E-state index is 11.9. The molecular weight excluding hydrogens is 493 g/mol. The summed E-state index contributed by atoms with van der Waals surface area (Å²) in [4.78, 5) is 22.2. The molecule has 0 aromatic heterocycles. The minimum Gasteiger partial charge on any atom is -0.388 e. The van der Waals surface area contributed by atoms with Crippen LogP contribution in [0.1, 0.15) is 142 Å². The second kappa shape index (κ2) is 26.2. The number of aliphatic hydroxyl groups is 1. The molecule has 4 atom stereocenters. The van der Waals surface area contributed by atoms with Crippen molar-refractivity contribution in [2.75, 3.05) is 26.4 Å². The summed E-state index contributed by atoms with van der Waals surface area (Å²) in [7, 11) is 5.60. The van der Waals surface area contributed by atoms with E-state index in [-0.39, 0.29) is 18.6 Å². The SMILES string of the molecule is [B]C1OC(C)C(OOCCOCCNC(=O)CCCCCCCCCCCCCCCCCCCCC)C1O. The largest absolute Gasteiger partial charge is 0.388 e. The summed E-state index contributed by atoms with van der Waals surface area (Å²) in [6.07, 6.45) is 24.5. The summed E-state index contributed by atoms with van der Waals surface area (Å²) < 4.78 is 10.7. The predicted molar refractivity (Wildman–Crippen MR) is 159 cm³/mol. The van der Waals surface area contributed by atoms with Crippen molar-refractivity contribution >= 4 is 13.8 Å². The molecule has 0 spiro atoms. The molecule has 2 N–H and O–H groups in total. The van der Waals surface area contributed by atoms with Crippen LogP contribution in [0, 0.1) is 0 Å². The molecule has 1 aliphatic heterocycles. The lowest BCUT2D eigenvalue weighted by Crippen LogP contribution is -2.35. The molecule has 1 rings (SSSR count). The van der Waals surface area contributed by atoms with E-state index in [1.54, 1.807) is 6.92 Å². The molecule has 0 saturated carbocycles. The first-order valence-electron chi connectivity index (χ1n) is 16.3. The Balaban J connectivity index is 1.72. The second-order valence-corrected chi connectivity index (χ2v) is 11.3. The lowest BCUT2D eigenvalue weighted by Gasteiger charge is -2.17. The van der Waals surface area contributed by atoms with Crippen LogP contribution >= 0.6 is 0 Å². The second-order valence-electron chi connectivity index (χ2n) is 11.3. The highest BCUT2D eigenvalue weighted by molar-refractivity contribution is 6.11. The molecule has 228 valence electrons. The van der Waals surface area contributed by atoms with Crippen molar-refractivity contribution in [2.24, 2.45) is 0 Å². The van der Waals surface area contributed by atoms with E-state index in [2.05, 4.69) is 12.2 Å². The minimum atomic E-state index is -0.912. The summed E-state index contributed by atoms with van der Waals surface area (Å²) in [5.41, 5.74) is 0. The Labute approximate surface area is 241 Å². The zero-order valence-corrected chi connectivity index (χ0v) is 25.3. The maximum atomic E-state index is 11.9. The number of nitrogens with one attached hydrogen (secondary N) is 1. The summed E-state index contributed by atoms with van der Waals surface area (Å²) >= 11 is 0. The highest BCUT2D eigenvalue weighted by atomic mass is 17.2. The summed E-state index contributed by atoms with van der Waals surface area (Å²) in [5, 5.41) is 12.7. The number of unbranched alkanes of at least 4 members (excludes halogenated alkanes) is 18. The summed E-state index contributed by atoms with van der Waals surface area (Å²) in [6, 6.07) is -0.757. The number of carbonyl (C=O) groups is 1. The van der Waals surface area contributed by atoms with E-state index in [9.17, 15) is 9.90 Å². The number of hydrogen-bond acceptors (Lipinski definition) is 6. The van der Waals surface area contributed by atoms with E-state index in [1.807, 2.05) is 0 Å². The van der Waals surface area contributed by atoms with Gasteiger partial charge in [-0.15, -0.1) is 0 Å². The quantitative estimate of drug-likeness (QED) is 0.0496. The van der Waals surface area contributed by atoms with Crippen molar-refractivity contribution in [3.05, 3.63) is 0 Å². The highest BCUT2D eigenvalue weighted by Gasteiger charge is 2.40. The third-order valence-electron chi connectivity index (χ3n) is 7.57. The fourth-order valence-corrected chi connectivity index (χ4v) is 5.04. The molecule has 1 aliphatic rings. The number of amides is 1. The van der Waals surface area contributed by atoms with Gasteiger partial charge in [-0.25, -0.2) is 9.78 Å². The Morgan fingerprint density at radius 1 is 0.769 bits per heavy atom. The monoisotopic (exact) mass is 553 g/mol. The van der Waals surface area contributed by atoms with E-state index in [4.69, 9.17) is 27.1 Å². The first-order valence-corrected chi connectivity index (χ1v) is 16.3. The van der Waals surface area contributed by atoms with Gasteiger partial charge in [-0.05, 0) is 13.3 Å². The molecule has 1 fully saturated rings. The molecule has 4 unspecified atom stereocenters. The van der Waals surface area contributed by atoms with Crippen LogP contribution in [-0.4, -0.2) is 69.5 Å². The molecule has 39 heavy (non-hydrogen) atoms. The van der Waals surface area contributed by atoms with Crippen molar-refractivity contribution < 1.29 is 29.1 Å². The number of ether oxygens (including phenoxy) is 2. The van der Waals surface area contributed by atoms with Gasteiger partial charge in [-0.1, -0.05) is 122 Å². The molecule has 0 aromatic rings. The average Bonchev–Trinajstić information content (AvgIpc) is 3.17. The van der Waals surface area contributed by atoms with Gasteiger partial charge in [0.15, 0.2) is 0 Å². The van der Waals surface area contributed by atoms with Crippen LogP contribution in [0.2, 0.25) is 0 Å². The van der Waals surface area contributed by atoms with Crippen molar-refractivity contribution in [3.63, 3.8) is 0 Å². The predicted octanol–water partition coefficient (Wildman–Crippen LogP) is 6.53. The third-order valence-corrected chi connectivity index (χ3v) is 7.57. The fraction of sp³-hybridized carbons (Fsp3) is 0.968. The van der Waals surface area contributed by atoms with Gasteiger partial charge in [0.05, 0.1) is 19.3 Å². The molecule has 7 nitrogen and oxygen atoms in total. The molecular formula is C31H60BNO6. The fourth-order valence-electron chi connectivity index (χ4n) is 5.04. The van der Waals surface area contributed by atoms with Gasteiger partial charge >= 0.3 is 0 Å². The van der Waals surface area contributed by atoms with E-state index < -0.39 is 18.2 Å². The van der Waals surface area contributed by atoms with Gasteiger partial charge in [0.2, 0.25) is 5.91 Å². The highest BCUT2D eigenvalue weighted by Crippen LogP contribution is 2.22. The normalized spacial score (nSPS) is 21.0. The van der Waals surface area contributed by atoms with Crippen LogP contribution in [0.15, 0.2) is 0 Å². The zero-order valence-electron chi connectivity index (χ0n) is 25.3. The first-order chi connectivity index (χ1) is 19.1. The first kappa shape index (κ1) is 36.4. The van der Waals surface area contributed by atoms with E-state index in [0.29, 0.717) is 26.2 Å². The number of aliphatic hydroxyl groups excluding tert-OH is 1. The Bertz CT molecular complexity index is 555. The van der Waals surface area contributed by atoms with Gasteiger partial charge < -0.3 is 19.9 Å². The molecule has 0 aromatic carbocycles. The zero-order chi connectivity index (χ0) is 28.4. The van der Waals surface area contributed by atoms with Crippen molar-refractivity contribution in [1.29, 1.82) is 0 Å². The summed E-state index contributed by atoms with van der Waals surface area (Å²) in [6.45, 7) is 5.51. The molecule has 1 saturated heterocycles. The lowest BCUT2D eigenvalue weighted by atomic mass is 9.93. The molecule has 0 bridgehead atoms. The van der Waals surface area contributed by atoms with Crippen LogP contribution in [-0.2, 0) is 24.0 Å². The maximum Gasteiger partial charge on any atom is 0.220 e. The smallest absolute Gasteiger partial charge is 0.220 e. The number of hydrogen-bond donors (Lipinski definition) is 2.